The molecule has 2 aromatic rings. The summed E-state index contributed by atoms with van der Waals surface area (Å²) < 4.78 is 1.73. The summed E-state index contributed by atoms with van der Waals surface area (Å²) in [4.78, 5) is 4.42. The van der Waals surface area contributed by atoms with Crippen LogP contribution in [0.4, 0.5) is 0 Å². The van der Waals surface area contributed by atoms with Gasteiger partial charge in [0.1, 0.15) is 0 Å². The van der Waals surface area contributed by atoms with Crippen LogP contribution in [0.1, 0.15) is 35.7 Å². The summed E-state index contributed by atoms with van der Waals surface area (Å²) in [5, 5.41) is 16.3. The number of nitrogens with zero attached hydrogens (tertiary/aromatic N) is 4. The molecule has 19 heavy (non-hydrogen) atoms. The van der Waals surface area contributed by atoms with E-state index in [1.165, 1.54) is 12.8 Å². The number of hydrogen-bond donors (Lipinski definition) is 2. The van der Waals surface area contributed by atoms with Crippen molar-refractivity contribution in [2.45, 2.75) is 25.7 Å². The number of hydrogen-bond acceptors (Lipinski definition) is 4. The van der Waals surface area contributed by atoms with E-state index in [0.29, 0.717) is 17.3 Å². The van der Waals surface area contributed by atoms with Gasteiger partial charge in [-0.2, -0.15) is 5.10 Å². The van der Waals surface area contributed by atoms with Crippen molar-refractivity contribution >= 4 is 5.84 Å². The summed E-state index contributed by atoms with van der Waals surface area (Å²) in [5.41, 5.74) is 8.15. The largest absolute Gasteiger partial charge is 0.409 e. The molecule has 6 heteroatoms. The summed E-state index contributed by atoms with van der Waals surface area (Å²) in [7, 11) is 0. The zero-order valence-electron chi connectivity index (χ0n) is 10.6. The van der Waals surface area contributed by atoms with Crippen LogP contribution in [0.3, 0.4) is 0 Å². The lowest BCUT2D eigenvalue weighted by molar-refractivity contribution is 0.318. The van der Waals surface area contributed by atoms with Gasteiger partial charge in [-0.3, -0.25) is 0 Å². The fourth-order valence-electron chi connectivity index (χ4n) is 2.04. The second kappa shape index (κ2) is 4.38. The molecule has 0 atom stereocenters. The second-order valence-corrected chi connectivity index (χ2v) is 4.80. The third kappa shape index (κ3) is 2.29. The first-order valence-corrected chi connectivity index (χ1v) is 6.20. The van der Waals surface area contributed by atoms with Gasteiger partial charge in [0.25, 0.3) is 0 Å². The molecule has 98 valence electrons. The Hall–Kier alpha value is -2.37. The molecular formula is C13H15N5O. The van der Waals surface area contributed by atoms with Gasteiger partial charge in [0.2, 0.25) is 0 Å². The highest BCUT2D eigenvalue weighted by atomic mass is 16.4. The predicted octanol–water partition coefficient (Wildman–Crippen LogP) is 1.55. The molecule has 1 aliphatic carbocycles. The van der Waals surface area contributed by atoms with Crippen LogP contribution in [0.25, 0.3) is 5.82 Å². The lowest BCUT2D eigenvalue weighted by Crippen LogP contribution is -2.14. The first kappa shape index (κ1) is 11.7. The number of aromatic nitrogens is 3. The van der Waals surface area contributed by atoms with Crippen molar-refractivity contribution in [3.8, 4) is 5.82 Å². The van der Waals surface area contributed by atoms with Crippen molar-refractivity contribution in [3.63, 3.8) is 0 Å². The minimum Gasteiger partial charge on any atom is -0.409 e. The molecular weight excluding hydrogens is 242 g/mol. The maximum atomic E-state index is 8.75. The summed E-state index contributed by atoms with van der Waals surface area (Å²) >= 11 is 0. The summed E-state index contributed by atoms with van der Waals surface area (Å²) in [5.74, 6) is 1.35. The van der Waals surface area contributed by atoms with Crippen LogP contribution >= 0.6 is 0 Å². The fraction of sp³-hybridized carbons (Fsp3) is 0.308. The van der Waals surface area contributed by atoms with E-state index >= 15 is 0 Å². The first-order chi connectivity index (χ1) is 9.17. The monoisotopic (exact) mass is 257 g/mol. The van der Waals surface area contributed by atoms with Gasteiger partial charge in [-0.25, -0.2) is 9.67 Å². The lowest BCUT2D eigenvalue weighted by Gasteiger charge is -2.05. The molecule has 0 aliphatic heterocycles. The van der Waals surface area contributed by atoms with Crippen molar-refractivity contribution in [1.82, 2.24) is 14.8 Å². The SMILES string of the molecule is Cc1cc(/C(N)=N/O)cc(-n2ccc(C3CC3)n2)n1. The quantitative estimate of drug-likeness (QED) is 0.378. The van der Waals surface area contributed by atoms with E-state index in [-0.39, 0.29) is 5.84 Å². The second-order valence-electron chi connectivity index (χ2n) is 4.80. The average Bonchev–Trinajstić information content (AvgIpc) is 3.14. The molecule has 2 heterocycles. The predicted molar refractivity (Wildman–Crippen MR) is 70.6 cm³/mol. The third-order valence-electron chi connectivity index (χ3n) is 3.18. The summed E-state index contributed by atoms with van der Waals surface area (Å²) in [6, 6.07) is 5.54. The Labute approximate surface area is 110 Å². The number of nitrogens with two attached hydrogens (primary N) is 1. The van der Waals surface area contributed by atoms with Gasteiger partial charge in [-0.15, -0.1) is 0 Å². The maximum Gasteiger partial charge on any atom is 0.170 e. The fourth-order valence-corrected chi connectivity index (χ4v) is 2.04. The van der Waals surface area contributed by atoms with Gasteiger partial charge < -0.3 is 10.9 Å². The highest BCUT2D eigenvalue weighted by molar-refractivity contribution is 5.97. The highest BCUT2D eigenvalue weighted by Crippen LogP contribution is 2.38. The van der Waals surface area contributed by atoms with E-state index in [1.54, 1.807) is 16.8 Å². The molecule has 6 nitrogen and oxygen atoms in total. The number of pyridine rings is 1. The summed E-state index contributed by atoms with van der Waals surface area (Å²) in [6.07, 6.45) is 4.33. The van der Waals surface area contributed by atoms with Gasteiger partial charge in [0.05, 0.1) is 5.69 Å². The van der Waals surface area contributed by atoms with Gasteiger partial charge in [-0.05, 0) is 38.0 Å². The normalized spacial score (nSPS) is 15.7. The number of aryl methyl sites for hydroxylation is 1. The van der Waals surface area contributed by atoms with Gasteiger partial charge in [0, 0.05) is 23.4 Å². The maximum absolute atomic E-state index is 8.75. The van der Waals surface area contributed by atoms with Crippen LogP contribution in [0.2, 0.25) is 0 Å². The minimum absolute atomic E-state index is 0.0707. The lowest BCUT2D eigenvalue weighted by atomic mass is 10.2. The number of rotatable bonds is 3. The standard InChI is InChI=1S/C13H15N5O/c1-8-6-10(13(14)17-19)7-12(15-8)18-5-4-11(16-18)9-2-3-9/h4-7,9,19H,2-3H2,1H3,(H2,14,17). The van der Waals surface area contributed by atoms with E-state index in [0.717, 1.165) is 11.4 Å². The topological polar surface area (TPSA) is 89.3 Å². The van der Waals surface area contributed by atoms with Gasteiger partial charge in [0.15, 0.2) is 11.7 Å². The number of oxime groups is 1. The molecule has 0 saturated heterocycles. The van der Waals surface area contributed by atoms with Crippen LogP contribution in [-0.4, -0.2) is 25.8 Å². The van der Waals surface area contributed by atoms with Crippen molar-refractivity contribution in [2.24, 2.45) is 10.9 Å². The Morgan fingerprint density at radius 2 is 2.26 bits per heavy atom. The van der Waals surface area contributed by atoms with E-state index < -0.39 is 0 Å². The molecule has 0 radical (unpaired) electrons. The van der Waals surface area contributed by atoms with Gasteiger partial charge in [-0.1, -0.05) is 5.16 Å². The van der Waals surface area contributed by atoms with Crippen LogP contribution in [-0.2, 0) is 0 Å². The Morgan fingerprint density at radius 1 is 1.47 bits per heavy atom. The van der Waals surface area contributed by atoms with E-state index in [9.17, 15) is 0 Å². The molecule has 1 saturated carbocycles. The summed E-state index contributed by atoms with van der Waals surface area (Å²) in [6.45, 7) is 1.86. The zero-order chi connectivity index (χ0) is 13.4. The van der Waals surface area contributed by atoms with Crippen LogP contribution in [0.15, 0.2) is 29.6 Å². The van der Waals surface area contributed by atoms with E-state index in [4.69, 9.17) is 10.9 Å². The Kier molecular flexibility index (Phi) is 2.70. The molecule has 0 bridgehead atoms. The van der Waals surface area contributed by atoms with Crippen molar-refractivity contribution in [3.05, 3.63) is 41.3 Å². The highest BCUT2D eigenvalue weighted by Gasteiger charge is 2.26. The van der Waals surface area contributed by atoms with E-state index in [2.05, 4.69) is 15.2 Å². The smallest absolute Gasteiger partial charge is 0.170 e. The molecule has 1 aliphatic rings. The first-order valence-electron chi connectivity index (χ1n) is 6.20. The Balaban J connectivity index is 2.00. The molecule has 3 N–H and O–H groups in total. The third-order valence-corrected chi connectivity index (χ3v) is 3.18. The molecule has 2 aromatic heterocycles. The van der Waals surface area contributed by atoms with Crippen molar-refractivity contribution < 1.29 is 5.21 Å². The molecule has 0 aromatic carbocycles. The van der Waals surface area contributed by atoms with Crippen molar-refractivity contribution in [1.29, 1.82) is 0 Å². The molecule has 0 spiro atoms. The van der Waals surface area contributed by atoms with Crippen LogP contribution in [0, 0.1) is 6.92 Å². The molecule has 3 rings (SSSR count). The minimum atomic E-state index is 0.0707. The molecule has 1 fully saturated rings. The molecule has 0 unspecified atom stereocenters. The number of amidine groups is 1. The molecule has 0 amide bonds. The Morgan fingerprint density at radius 3 is 2.95 bits per heavy atom. The van der Waals surface area contributed by atoms with E-state index in [1.807, 2.05) is 19.2 Å². The van der Waals surface area contributed by atoms with Crippen LogP contribution in [0.5, 0.6) is 0 Å². The van der Waals surface area contributed by atoms with Crippen LogP contribution < -0.4 is 5.73 Å². The Bertz CT molecular complexity index is 642. The zero-order valence-corrected chi connectivity index (χ0v) is 10.6. The average molecular weight is 257 g/mol. The van der Waals surface area contributed by atoms with Gasteiger partial charge >= 0.3 is 0 Å². The van der Waals surface area contributed by atoms with Crippen molar-refractivity contribution in [2.75, 3.05) is 0 Å².